The predicted molar refractivity (Wildman–Crippen MR) is 119 cm³/mol. The normalized spacial score (nSPS) is 26.4. The molecule has 5 nitrogen and oxygen atoms in total. The van der Waals surface area contributed by atoms with E-state index in [1.807, 2.05) is 0 Å². The number of nitrogens with zero attached hydrogens (tertiary/aromatic N) is 1. The van der Waals surface area contributed by atoms with E-state index in [2.05, 4.69) is 0 Å². The Morgan fingerprint density at radius 2 is 1.58 bits per heavy atom. The van der Waals surface area contributed by atoms with Gasteiger partial charge in [-0.05, 0) is 61.7 Å². The number of halogens is 7. The summed E-state index contributed by atoms with van der Waals surface area (Å²) in [6, 6.07) is 5.96. The summed E-state index contributed by atoms with van der Waals surface area (Å²) < 4.78 is 105. The van der Waals surface area contributed by atoms with Gasteiger partial charge >= 0.3 is 18.3 Å². The van der Waals surface area contributed by atoms with Crippen LogP contribution in [0.3, 0.4) is 0 Å². The van der Waals surface area contributed by atoms with Crippen molar-refractivity contribution < 1.29 is 49.8 Å². The molecule has 12 heteroatoms. The van der Waals surface area contributed by atoms with Crippen molar-refractivity contribution in [2.24, 2.45) is 5.41 Å². The maximum Gasteiger partial charge on any atom is 0.416 e. The van der Waals surface area contributed by atoms with Crippen molar-refractivity contribution >= 4 is 11.9 Å². The van der Waals surface area contributed by atoms with Gasteiger partial charge in [-0.2, -0.15) is 26.3 Å². The van der Waals surface area contributed by atoms with E-state index in [4.69, 9.17) is 9.47 Å². The molecule has 38 heavy (non-hydrogen) atoms. The maximum absolute atomic E-state index is 13.6. The molecule has 0 aromatic heterocycles. The third-order valence-electron chi connectivity index (χ3n) is 7.29. The molecule has 1 amide bonds. The Bertz CT molecular complexity index is 1200. The first-order valence-corrected chi connectivity index (χ1v) is 11.7. The number of hydrogen-bond donors (Lipinski definition) is 0. The van der Waals surface area contributed by atoms with Gasteiger partial charge in [-0.25, -0.2) is 4.39 Å². The van der Waals surface area contributed by atoms with Gasteiger partial charge in [-0.1, -0.05) is 12.1 Å². The van der Waals surface area contributed by atoms with Crippen LogP contribution in [0, 0.1) is 11.2 Å². The molecule has 2 fully saturated rings. The molecule has 2 aliphatic rings. The number of alkyl halides is 6. The van der Waals surface area contributed by atoms with E-state index >= 15 is 0 Å². The first kappa shape index (κ1) is 27.9. The Morgan fingerprint density at radius 3 is 2.08 bits per heavy atom. The third-order valence-corrected chi connectivity index (χ3v) is 7.29. The zero-order valence-electron chi connectivity index (χ0n) is 20.5. The molecular weight excluding hydrogens is 523 g/mol. The summed E-state index contributed by atoms with van der Waals surface area (Å²) in [5.41, 5.74) is -4.22. The van der Waals surface area contributed by atoms with Gasteiger partial charge in [-0.15, -0.1) is 0 Å². The molecule has 0 spiro atoms. The largest absolute Gasteiger partial charge is 0.468 e. The minimum Gasteiger partial charge on any atom is -0.468 e. The summed E-state index contributed by atoms with van der Waals surface area (Å²) >= 11 is 0. The van der Waals surface area contributed by atoms with Crippen molar-refractivity contribution in [1.82, 2.24) is 4.90 Å². The van der Waals surface area contributed by atoms with Crippen molar-refractivity contribution in [3.05, 3.63) is 70.5 Å². The summed E-state index contributed by atoms with van der Waals surface area (Å²) in [5, 5.41) is 0. The first-order valence-electron chi connectivity index (χ1n) is 11.7. The molecule has 0 bridgehead atoms. The maximum atomic E-state index is 13.6. The number of carbonyl (C=O) groups is 2. The number of esters is 1. The lowest BCUT2D eigenvalue weighted by molar-refractivity contribution is -0.158. The van der Waals surface area contributed by atoms with Crippen molar-refractivity contribution in [1.29, 1.82) is 0 Å². The highest BCUT2D eigenvalue weighted by atomic mass is 19.4. The van der Waals surface area contributed by atoms with Gasteiger partial charge in [0.2, 0.25) is 5.91 Å². The van der Waals surface area contributed by atoms with Crippen LogP contribution in [0.15, 0.2) is 42.5 Å². The number of ether oxygens (including phenoxy) is 2. The topological polar surface area (TPSA) is 55.8 Å². The van der Waals surface area contributed by atoms with E-state index in [1.165, 1.54) is 43.0 Å². The molecular formula is C26H24F7NO4. The Labute approximate surface area is 213 Å². The van der Waals surface area contributed by atoms with Crippen molar-refractivity contribution in [3.8, 4) is 0 Å². The Morgan fingerprint density at radius 1 is 1.03 bits per heavy atom. The number of carbonyl (C=O) groups excluding carboxylic acids is 2. The van der Waals surface area contributed by atoms with Crippen LogP contribution in [0.4, 0.5) is 30.7 Å². The highest BCUT2D eigenvalue weighted by Crippen LogP contribution is 2.49. The predicted octanol–water partition coefficient (Wildman–Crippen LogP) is 5.89. The Balaban J connectivity index is 1.70. The van der Waals surface area contributed by atoms with Gasteiger partial charge in [0.15, 0.2) is 0 Å². The SMILES string of the molecule is COC(=O)C1(C)C[C@H]2[C@H](c3ccc(F)cc3)[C@@H](O[C@H](C)c3cc(C(F)(F)F)cc(C(F)(F)F)c3)CN2C1=O. The molecule has 2 saturated heterocycles. The average molecular weight is 547 g/mol. The minimum absolute atomic E-state index is 0.0372. The Hall–Kier alpha value is -3.15. The minimum atomic E-state index is -5.02. The van der Waals surface area contributed by atoms with Crippen LogP contribution in [0.5, 0.6) is 0 Å². The molecule has 1 unspecified atom stereocenters. The van der Waals surface area contributed by atoms with Crippen LogP contribution in [0.1, 0.15) is 54.5 Å². The second-order valence-electron chi connectivity index (χ2n) is 9.79. The summed E-state index contributed by atoms with van der Waals surface area (Å²) in [5.74, 6) is -2.43. The van der Waals surface area contributed by atoms with Gasteiger partial charge in [0, 0.05) is 18.5 Å². The van der Waals surface area contributed by atoms with E-state index < -0.39 is 70.8 Å². The fraction of sp³-hybridized carbons (Fsp3) is 0.462. The lowest BCUT2D eigenvalue weighted by atomic mass is 9.80. The Kier molecular flexibility index (Phi) is 7.00. The number of fused-ring (bicyclic) bond motifs is 1. The third kappa shape index (κ3) is 4.97. The van der Waals surface area contributed by atoms with Crippen LogP contribution < -0.4 is 0 Å². The smallest absolute Gasteiger partial charge is 0.416 e. The van der Waals surface area contributed by atoms with E-state index in [0.717, 1.165) is 7.11 Å². The van der Waals surface area contributed by atoms with Gasteiger partial charge in [-0.3, -0.25) is 9.59 Å². The number of methoxy groups -OCH3 is 1. The monoisotopic (exact) mass is 547 g/mol. The molecule has 0 saturated carbocycles. The van der Waals surface area contributed by atoms with Crippen molar-refractivity contribution in [2.75, 3.05) is 13.7 Å². The quantitative estimate of drug-likeness (QED) is 0.266. The van der Waals surface area contributed by atoms with Gasteiger partial charge in [0.05, 0.1) is 30.4 Å². The van der Waals surface area contributed by atoms with Crippen LogP contribution in [0.25, 0.3) is 0 Å². The standard InChI is InChI=1S/C26H24F7NO4/c1-13(15-8-16(25(28,29)30)10-17(9-15)26(31,32)33)38-20-12-34-19(11-24(2,22(34)35)23(36)37-3)21(20)14-4-6-18(27)7-5-14/h4-10,13,19-21H,11-12H2,1-3H3/t13-,19+,20+,21+,24?/m1/s1. The number of rotatable bonds is 5. The van der Waals surface area contributed by atoms with E-state index in [9.17, 15) is 40.3 Å². The molecule has 2 heterocycles. The number of hydrogen-bond acceptors (Lipinski definition) is 4. The van der Waals surface area contributed by atoms with Crippen molar-refractivity contribution in [3.63, 3.8) is 0 Å². The molecule has 5 atom stereocenters. The van der Waals surface area contributed by atoms with Gasteiger partial charge in [0.25, 0.3) is 0 Å². The fourth-order valence-corrected chi connectivity index (χ4v) is 5.38. The highest BCUT2D eigenvalue weighted by molar-refractivity contribution is 6.04. The fourth-order valence-electron chi connectivity index (χ4n) is 5.38. The number of amides is 1. The van der Waals surface area contributed by atoms with E-state index in [-0.39, 0.29) is 24.6 Å². The lowest BCUT2D eigenvalue weighted by Gasteiger charge is -2.28. The summed E-state index contributed by atoms with van der Waals surface area (Å²) in [6.45, 7) is 2.69. The second kappa shape index (κ2) is 9.55. The van der Waals surface area contributed by atoms with Gasteiger partial charge < -0.3 is 14.4 Å². The summed E-state index contributed by atoms with van der Waals surface area (Å²) in [7, 11) is 1.15. The lowest BCUT2D eigenvalue weighted by Crippen LogP contribution is -2.40. The van der Waals surface area contributed by atoms with E-state index in [1.54, 1.807) is 0 Å². The van der Waals surface area contributed by atoms with Crippen LogP contribution in [0.2, 0.25) is 0 Å². The molecule has 4 rings (SSSR count). The molecule has 206 valence electrons. The zero-order chi connectivity index (χ0) is 28.2. The molecule has 2 aromatic rings. The zero-order valence-corrected chi connectivity index (χ0v) is 20.5. The van der Waals surface area contributed by atoms with Crippen molar-refractivity contribution in [2.45, 2.75) is 56.8 Å². The molecule has 0 N–H and O–H groups in total. The average Bonchev–Trinajstić information content (AvgIpc) is 3.30. The number of benzene rings is 2. The van der Waals surface area contributed by atoms with E-state index in [0.29, 0.717) is 17.7 Å². The van der Waals surface area contributed by atoms with Crippen LogP contribution in [-0.2, 0) is 31.4 Å². The molecule has 0 radical (unpaired) electrons. The van der Waals surface area contributed by atoms with Crippen LogP contribution in [-0.4, -0.2) is 42.6 Å². The molecule has 2 aromatic carbocycles. The van der Waals surface area contributed by atoms with Gasteiger partial charge in [0.1, 0.15) is 11.2 Å². The summed E-state index contributed by atoms with van der Waals surface area (Å²) in [6.07, 6.45) is -12.1. The highest BCUT2D eigenvalue weighted by Gasteiger charge is 2.61. The molecule has 2 aliphatic heterocycles. The first-order chi connectivity index (χ1) is 17.6. The molecule has 0 aliphatic carbocycles. The summed E-state index contributed by atoms with van der Waals surface area (Å²) in [4.78, 5) is 27.0. The second-order valence-corrected chi connectivity index (χ2v) is 9.79. The van der Waals surface area contributed by atoms with Crippen LogP contribution >= 0.6 is 0 Å².